The van der Waals surface area contributed by atoms with Gasteiger partial charge in [-0.05, 0) is 29.3 Å². The van der Waals surface area contributed by atoms with Crippen LogP contribution in [0.25, 0.3) is 10.8 Å². The third-order valence-electron chi connectivity index (χ3n) is 3.10. The van der Waals surface area contributed by atoms with Crippen LogP contribution in [0.15, 0.2) is 42.5 Å². The molecule has 2 rings (SSSR count). The molecule has 1 amide bonds. The van der Waals surface area contributed by atoms with Crippen LogP contribution in [0.3, 0.4) is 0 Å². The maximum Gasteiger partial charge on any atom is 0.251 e. The Morgan fingerprint density at radius 2 is 1.95 bits per heavy atom. The Morgan fingerprint density at radius 3 is 2.68 bits per heavy atom. The first kappa shape index (κ1) is 14.1. The highest BCUT2D eigenvalue weighted by Crippen LogP contribution is 2.15. The van der Waals surface area contributed by atoms with Crippen LogP contribution >= 0.6 is 15.9 Å². The number of alkyl halides is 1. The van der Waals surface area contributed by atoms with Gasteiger partial charge in [-0.3, -0.25) is 4.79 Å². The van der Waals surface area contributed by atoms with Crippen molar-refractivity contribution in [2.75, 3.05) is 6.54 Å². The van der Waals surface area contributed by atoms with Crippen molar-refractivity contribution in [3.05, 3.63) is 48.0 Å². The van der Waals surface area contributed by atoms with Gasteiger partial charge in [0.2, 0.25) is 0 Å². The Kier molecular flexibility index (Phi) is 4.97. The average molecular weight is 320 g/mol. The van der Waals surface area contributed by atoms with Crippen molar-refractivity contribution in [1.29, 1.82) is 0 Å². The van der Waals surface area contributed by atoms with Crippen LogP contribution in [-0.4, -0.2) is 17.3 Å². The van der Waals surface area contributed by atoms with Gasteiger partial charge in [0.25, 0.3) is 5.91 Å². The zero-order valence-corrected chi connectivity index (χ0v) is 12.6. The molecular formula is C16H18BrNO. The molecule has 100 valence electrons. The number of rotatable bonds is 5. The summed E-state index contributed by atoms with van der Waals surface area (Å²) in [6.45, 7) is 2.80. The van der Waals surface area contributed by atoms with Gasteiger partial charge in [0, 0.05) is 16.9 Å². The molecule has 1 atom stereocenters. The third kappa shape index (κ3) is 3.80. The quantitative estimate of drug-likeness (QED) is 0.825. The highest BCUT2D eigenvalue weighted by molar-refractivity contribution is 9.09. The first-order valence-corrected chi connectivity index (χ1v) is 7.53. The Labute approximate surface area is 122 Å². The molecule has 3 heteroatoms. The van der Waals surface area contributed by atoms with E-state index in [-0.39, 0.29) is 5.91 Å². The minimum atomic E-state index is -0.00805. The number of hydrogen-bond acceptors (Lipinski definition) is 1. The molecule has 0 bridgehead atoms. The maximum absolute atomic E-state index is 12.1. The summed E-state index contributed by atoms with van der Waals surface area (Å²) in [5.41, 5.74) is 0.717. The molecule has 0 saturated heterocycles. The normalized spacial score (nSPS) is 12.3. The smallest absolute Gasteiger partial charge is 0.251 e. The molecule has 1 N–H and O–H groups in total. The number of fused-ring (bicyclic) bond motifs is 1. The third-order valence-corrected chi connectivity index (χ3v) is 3.88. The molecule has 0 fully saturated rings. The molecule has 0 saturated carbocycles. The standard InChI is InChI=1S/C16H18BrNO/c1-2-5-15(17)11-18-16(19)14-9-8-12-6-3-4-7-13(12)10-14/h3-4,6-10,15H,2,5,11H2,1H3,(H,18,19). The summed E-state index contributed by atoms with van der Waals surface area (Å²) < 4.78 is 0. The maximum atomic E-state index is 12.1. The van der Waals surface area contributed by atoms with Crippen LogP contribution < -0.4 is 5.32 Å². The molecule has 2 nitrogen and oxygen atoms in total. The fraction of sp³-hybridized carbons (Fsp3) is 0.312. The molecule has 19 heavy (non-hydrogen) atoms. The first-order chi connectivity index (χ1) is 9.20. The summed E-state index contributed by atoms with van der Waals surface area (Å²) in [5.74, 6) is -0.00805. The average Bonchev–Trinajstić information content (AvgIpc) is 2.44. The van der Waals surface area contributed by atoms with Crippen LogP contribution in [0.2, 0.25) is 0 Å². The van der Waals surface area contributed by atoms with Gasteiger partial charge >= 0.3 is 0 Å². The van der Waals surface area contributed by atoms with E-state index in [0.29, 0.717) is 11.4 Å². The number of hydrogen-bond donors (Lipinski definition) is 1. The first-order valence-electron chi connectivity index (χ1n) is 6.61. The van der Waals surface area contributed by atoms with Crippen molar-refractivity contribution < 1.29 is 4.79 Å². The second-order valence-electron chi connectivity index (χ2n) is 4.66. The highest BCUT2D eigenvalue weighted by atomic mass is 79.9. The van der Waals surface area contributed by atoms with Crippen molar-refractivity contribution in [3.8, 4) is 0 Å². The van der Waals surface area contributed by atoms with Crippen molar-refractivity contribution in [2.45, 2.75) is 24.6 Å². The van der Waals surface area contributed by atoms with E-state index >= 15 is 0 Å². The molecular weight excluding hydrogens is 302 g/mol. The van der Waals surface area contributed by atoms with E-state index < -0.39 is 0 Å². The van der Waals surface area contributed by atoms with Crippen molar-refractivity contribution in [2.24, 2.45) is 0 Å². The second-order valence-corrected chi connectivity index (χ2v) is 5.95. The largest absolute Gasteiger partial charge is 0.351 e. The lowest BCUT2D eigenvalue weighted by molar-refractivity contribution is 0.0954. The molecule has 2 aromatic rings. The van der Waals surface area contributed by atoms with Gasteiger partial charge in [-0.1, -0.05) is 59.6 Å². The second kappa shape index (κ2) is 6.71. The van der Waals surface area contributed by atoms with Crippen molar-refractivity contribution in [1.82, 2.24) is 5.32 Å². The van der Waals surface area contributed by atoms with Gasteiger partial charge in [0.05, 0.1) is 0 Å². The summed E-state index contributed by atoms with van der Waals surface area (Å²) in [5, 5.41) is 5.21. The minimum Gasteiger partial charge on any atom is -0.351 e. The van der Waals surface area contributed by atoms with Gasteiger partial charge in [0.1, 0.15) is 0 Å². The molecule has 0 aromatic heterocycles. The van der Waals surface area contributed by atoms with E-state index in [1.165, 1.54) is 0 Å². The topological polar surface area (TPSA) is 29.1 Å². The Bertz CT molecular complexity index is 567. The summed E-state index contributed by atoms with van der Waals surface area (Å²) in [6, 6.07) is 13.9. The van der Waals surface area contributed by atoms with Crippen LogP contribution in [0.5, 0.6) is 0 Å². The van der Waals surface area contributed by atoms with Crippen LogP contribution in [0, 0.1) is 0 Å². The Morgan fingerprint density at radius 1 is 1.21 bits per heavy atom. The molecule has 0 aliphatic carbocycles. The van der Waals surface area contributed by atoms with Crippen LogP contribution in [0.4, 0.5) is 0 Å². The molecule has 0 aliphatic rings. The summed E-state index contributed by atoms with van der Waals surface area (Å²) in [6.07, 6.45) is 2.18. The van der Waals surface area contributed by atoms with Crippen molar-refractivity contribution in [3.63, 3.8) is 0 Å². The van der Waals surface area contributed by atoms with Crippen molar-refractivity contribution >= 4 is 32.6 Å². The number of carbonyl (C=O) groups is 1. The predicted molar refractivity (Wildman–Crippen MR) is 83.9 cm³/mol. The molecule has 1 unspecified atom stereocenters. The predicted octanol–water partition coefficient (Wildman–Crippen LogP) is 4.13. The molecule has 2 aromatic carbocycles. The Balaban J connectivity index is 2.05. The summed E-state index contributed by atoms with van der Waals surface area (Å²) in [4.78, 5) is 12.4. The van der Waals surface area contributed by atoms with E-state index in [9.17, 15) is 4.79 Å². The molecule has 0 radical (unpaired) electrons. The summed E-state index contributed by atoms with van der Waals surface area (Å²) in [7, 11) is 0. The van der Waals surface area contributed by atoms with E-state index in [4.69, 9.17) is 0 Å². The zero-order chi connectivity index (χ0) is 13.7. The molecule has 0 aliphatic heterocycles. The number of amides is 1. The number of halogens is 1. The van der Waals surface area contributed by atoms with Crippen LogP contribution in [0.1, 0.15) is 30.1 Å². The Hall–Kier alpha value is -1.35. The molecule has 0 spiro atoms. The van der Waals surface area contributed by atoms with Gasteiger partial charge in [0.15, 0.2) is 0 Å². The lowest BCUT2D eigenvalue weighted by atomic mass is 10.1. The van der Waals surface area contributed by atoms with E-state index in [2.05, 4.69) is 28.2 Å². The molecule has 0 heterocycles. The lowest BCUT2D eigenvalue weighted by Crippen LogP contribution is -2.29. The number of nitrogens with one attached hydrogen (secondary N) is 1. The van der Waals surface area contributed by atoms with Crippen LogP contribution in [-0.2, 0) is 0 Å². The lowest BCUT2D eigenvalue weighted by Gasteiger charge is -2.10. The number of carbonyl (C=O) groups excluding carboxylic acids is 1. The van der Waals surface area contributed by atoms with E-state index in [0.717, 1.165) is 29.2 Å². The summed E-state index contributed by atoms with van der Waals surface area (Å²) >= 11 is 3.56. The monoisotopic (exact) mass is 319 g/mol. The van der Waals surface area contributed by atoms with E-state index in [1.807, 2.05) is 42.5 Å². The highest BCUT2D eigenvalue weighted by Gasteiger charge is 2.08. The van der Waals surface area contributed by atoms with Gasteiger partial charge in [-0.15, -0.1) is 0 Å². The minimum absolute atomic E-state index is 0.00805. The van der Waals surface area contributed by atoms with Gasteiger partial charge in [-0.25, -0.2) is 0 Å². The SMILES string of the molecule is CCCC(Br)CNC(=O)c1ccc2ccccc2c1. The van der Waals surface area contributed by atoms with Gasteiger partial charge < -0.3 is 5.32 Å². The number of benzene rings is 2. The fourth-order valence-corrected chi connectivity index (χ4v) is 2.67. The fourth-order valence-electron chi connectivity index (χ4n) is 2.05. The zero-order valence-electron chi connectivity index (χ0n) is 11.0. The van der Waals surface area contributed by atoms with E-state index in [1.54, 1.807) is 0 Å². The van der Waals surface area contributed by atoms with Gasteiger partial charge in [-0.2, -0.15) is 0 Å².